The Balaban J connectivity index is 1.68. The van der Waals surface area contributed by atoms with Crippen molar-refractivity contribution in [2.45, 2.75) is 57.5 Å². The topological polar surface area (TPSA) is 9.23 Å². The molecule has 3 fully saturated rings. The third-order valence-corrected chi connectivity index (χ3v) is 4.69. The van der Waals surface area contributed by atoms with Crippen molar-refractivity contribution in [3.63, 3.8) is 0 Å². The molecule has 0 aromatic heterocycles. The average molecular weight is 194 g/mol. The number of ether oxygens (including phenoxy) is 1. The molecule has 0 unspecified atom stereocenters. The van der Waals surface area contributed by atoms with Crippen LogP contribution in [0.1, 0.15) is 51.9 Å². The Morgan fingerprint density at radius 3 is 2.93 bits per heavy atom. The lowest BCUT2D eigenvalue weighted by atomic mass is 9.76. The van der Waals surface area contributed by atoms with Crippen molar-refractivity contribution in [2.75, 3.05) is 6.61 Å². The van der Waals surface area contributed by atoms with Crippen LogP contribution < -0.4 is 0 Å². The standard InChI is InChI=1S/C13H22O/c1-10-3-2-5-13(8-10)6-4-11-7-12(11)9-14-13/h10-12H,2-9H2,1H3/t10-,11+,12-,13+/m1/s1. The highest BCUT2D eigenvalue weighted by Gasteiger charge is 2.46. The van der Waals surface area contributed by atoms with E-state index in [0.29, 0.717) is 5.60 Å². The molecule has 1 nitrogen and oxygen atoms in total. The fourth-order valence-electron chi connectivity index (χ4n) is 3.64. The predicted molar refractivity (Wildman–Crippen MR) is 57.1 cm³/mol. The van der Waals surface area contributed by atoms with Crippen molar-refractivity contribution in [1.82, 2.24) is 0 Å². The van der Waals surface area contributed by atoms with E-state index in [4.69, 9.17) is 4.74 Å². The molecule has 3 rings (SSSR count). The molecule has 2 aliphatic carbocycles. The average Bonchev–Trinajstić information content (AvgIpc) is 2.90. The second-order valence-electron chi connectivity index (χ2n) is 5.99. The minimum atomic E-state index is 0.324. The van der Waals surface area contributed by atoms with E-state index in [-0.39, 0.29) is 0 Å². The Labute approximate surface area is 87.2 Å². The van der Waals surface area contributed by atoms with Gasteiger partial charge in [0.25, 0.3) is 0 Å². The number of hydrogen-bond acceptors (Lipinski definition) is 1. The van der Waals surface area contributed by atoms with Crippen molar-refractivity contribution < 1.29 is 4.74 Å². The van der Waals surface area contributed by atoms with Crippen LogP contribution >= 0.6 is 0 Å². The van der Waals surface area contributed by atoms with Crippen LogP contribution in [0.25, 0.3) is 0 Å². The quantitative estimate of drug-likeness (QED) is 0.574. The second kappa shape index (κ2) is 3.23. The fourth-order valence-corrected chi connectivity index (χ4v) is 3.64. The molecule has 0 bridgehead atoms. The number of hydrogen-bond donors (Lipinski definition) is 0. The van der Waals surface area contributed by atoms with Crippen molar-refractivity contribution in [1.29, 1.82) is 0 Å². The van der Waals surface area contributed by atoms with Gasteiger partial charge in [0.05, 0.1) is 12.2 Å². The van der Waals surface area contributed by atoms with Gasteiger partial charge in [-0.05, 0) is 49.9 Å². The van der Waals surface area contributed by atoms with Gasteiger partial charge >= 0.3 is 0 Å². The van der Waals surface area contributed by atoms with Gasteiger partial charge in [-0.15, -0.1) is 0 Å². The Hall–Kier alpha value is -0.0400. The third-order valence-electron chi connectivity index (χ3n) is 4.69. The van der Waals surface area contributed by atoms with Gasteiger partial charge in [0, 0.05) is 0 Å². The largest absolute Gasteiger partial charge is 0.375 e. The Bertz CT molecular complexity index is 211. The van der Waals surface area contributed by atoms with E-state index < -0.39 is 0 Å². The lowest BCUT2D eigenvalue weighted by Gasteiger charge is -2.39. The SMILES string of the molecule is C[C@@H]1CCC[C@]2(CC[C@H]3C[C@@H]3CO2)C1. The molecule has 0 aromatic carbocycles. The smallest absolute Gasteiger partial charge is 0.0685 e. The summed E-state index contributed by atoms with van der Waals surface area (Å²) in [6, 6.07) is 0. The second-order valence-corrected chi connectivity index (χ2v) is 5.99. The van der Waals surface area contributed by atoms with Gasteiger partial charge in [-0.3, -0.25) is 0 Å². The predicted octanol–water partition coefficient (Wildman–Crippen LogP) is 3.38. The molecule has 1 heterocycles. The van der Waals surface area contributed by atoms with E-state index in [9.17, 15) is 0 Å². The molecule has 0 amide bonds. The molecule has 3 aliphatic rings. The normalized spacial score (nSPS) is 52.5. The first-order chi connectivity index (χ1) is 6.77. The minimum Gasteiger partial charge on any atom is -0.375 e. The summed E-state index contributed by atoms with van der Waals surface area (Å²) in [7, 11) is 0. The molecule has 0 aromatic rings. The first-order valence-corrected chi connectivity index (χ1v) is 6.41. The van der Waals surface area contributed by atoms with Gasteiger partial charge in [0.15, 0.2) is 0 Å². The molecule has 0 N–H and O–H groups in total. The summed E-state index contributed by atoms with van der Waals surface area (Å²) in [5.74, 6) is 2.90. The van der Waals surface area contributed by atoms with Crippen LogP contribution in [0.4, 0.5) is 0 Å². The monoisotopic (exact) mass is 194 g/mol. The maximum atomic E-state index is 6.26. The maximum Gasteiger partial charge on any atom is 0.0685 e. The summed E-state index contributed by atoms with van der Waals surface area (Å²) in [5, 5.41) is 0. The summed E-state index contributed by atoms with van der Waals surface area (Å²) in [6.07, 6.45) is 9.79. The van der Waals surface area contributed by atoms with E-state index in [1.54, 1.807) is 0 Å². The lowest BCUT2D eigenvalue weighted by molar-refractivity contribution is -0.0843. The van der Waals surface area contributed by atoms with Gasteiger partial charge in [-0.25, -0.2) is 0 Å². The van der Waals surface area contributed by atoms with Gasteiger partial charge in [0.1, 0.15) is 0 Å². The molecule has 0 radical (unpaired) electrons. The van der Waals surface area contributed by atoms with E-state index in [0.717, 1.165) is 24.4 Å². The van der Waals surface area contributed by atoms with E-state index in [1.807, 2.05) is 0 Å². The zero-order chi connectivity index (χ0) is 9.60. The van der Waals surface area contributed by atoms with Crippen LogP contribution in [0.5, 0.6) is 0 Å². The Morgan fingerprint density at radius 1 is 1.14 bits per heavy atom. The van der Waals surface area contributed by atoms with Crippen LogP contribution in [-0.4, -0.2) is 12.2 Å². The van der Waals surface area contributed by atoms with Crippen LogP contribution in [0.3, 0.4) is 0 Å². The van der Waals surface area contributed by atoms with Crippen molar-refractivity contribution >= 4 is 0 Å². The van der Waals surface area contributed by atoms with E-state index >= 15 is 0 Å². The third kappa shape index (κ3) is 1.60. The molecule has 80 valence electrons. The summed E-state index contributed by atoms with van der Waals surface area (Å²) in [6.45, 7) is 3.48. The van der Waals surface area contributed by atoms with E-state index in [2.05, 4.69) is 6.92 Å². The number of fused-ring (bicyclic) bond motifs is 1. The lowest BCUT2D eigenvalue weighted by Crippen LogP contribution is -2.37. The maximum absolute atomic E-state index is 6.26. The van der Waals surface area contributed by atoms with Gasteiger partial charge in [0.2, 0.25) is 0 Å². The molecule has 1 aliphatic heterocycles. The van der Waals surface area contributed by atoms with E-state index in [1.165, 1.54) is 44.9 Å². The van der Waals surface area contributed by atoms with Crippen molar-refractivity contribution in [2.24, 2.45) is 17.8 Å². The Kier molecular flexibility index (Phi) is 2.12. The van der Waals surface area contributed by atoms with Crippen LogP contribution in [0.15, 0.2) is 0 Å². The molecular weight excluding hydrogens is 172 g/mol. The molecule has 14 heavy (non-hydrogen) atoms. The first-order valence-electron chi connectivity index (χ1n) is 6.41. The van der Waals surface area contributed by atoms with Crippen LogP contribution in [-0.2, 0) is 4.74 Å². The molecule has 2 saturated carbocycles. The zero-order valence-electron chi connectivity index (χ0n) is 9.30. The molecule has 1 spiro atoms. The first kappa shape index (κ1) is 9.21. The highest BCUT2D eigenvalue weighted by Crippen LogP contribution is 2.50. The van der Waals surface area contributed by atoms with Crippen LogP contribution in [0, 0.1) is 17.8 Å². The van der Waals surface area contributed by atoms with Crippen molar-refractivity contribution in [3.05, 3.63) is 0 Å². The summed E-state index contributed by atoms with van der Waals surface area (Å²) in [5.41, 5.74) is 0.324. The van der Waals surface area contributed by atoms with Gasteiger partial charge in [-0.2, -0.15) is 0 Å². The molecule has 1 heteroatoms. The summed E-state index contributed by atoms with van der Waals surface area (Å²) < 4.78 is 6.26. The minimum absolute atomic E-state index is 0.324. The van der Waals surface area contributed by atoms with Gasteiger partial charge < -0.3 is 4.74 Å². The highest BCUT2D eigenvalue weighted by atomic mass is 16.5. The zero-order valence-corrected chi connectivity index (χ0v) is 9.30. The molecule has 1 saturated heterocycles. The Morgan fingerprint density at radius 2 is 2.07 bits per heavy atom. The van der Waals surface area contributed by atoms with Crippen molar-refractivity contribution in [3.8, 4) is 0 Å². The molecular formula is C13H22O. The summed E-state index contributed by atoms with van der Waals surface area (Å²) in [4.78, 5) is 0. The summed E-state index contributed by atoms with van der Waals surface area (Å²) >= 11 is 0. The fraction of sp³-hybridized carbons (Fsp3) is 1.00. The molecule has 4 atom stereocenters. The number of rotatable bonds is 0. The van der Waals surface area contributed by atoms with Crippen LogP contribution in [0.2, 0.25) is 0 Å². The highest BCUT2D eigenvalue weighted by molar-refractivity contribution is 4.96. The van der Waals surface area contributed by atoms with Gasteiger partial charge in [-0.1, -0.05) is 19.8 Å².